The molecule has 1 aromatic heterocycles. The summed E-state index contributed by atoms with van der Waals surface area (Å²) in [4.78, 5) is 0. The molecule has 0 aliphatic carbocycles. The van der Waals surface area contributed by atoms with Crippen LogP contribution in [0.2, 0.25) is 0 Å². The molecule has 1 heterocycles. The fourth-order valence-corrected chi connectivity index (χ4v) is 1.02. The van der Waals surface area contributed by atoms with Crippen molar-refractivity contribution in [1.29, 1.82) is 0 Å². The fraction of sp³-hybridized carbons (Fsp3) is 0. The second kappa shape index (κ2) is 2.77. The Labute approximate surface area is 70.4 Å². The Balaban J connectivity index is 2.43. The minimum atomic E-state index is 0.856. The Kier molecular flexibility index (Phi) is 1.63. The standard InChI is InChI=1S/C9H8N3/c1-7-2-4-8(5-3-7)9-6-10-12-11-9/h2-6H,1H2,(H,10,11,12). The van der Waals surface area contributed by atoms with E-state index >= 15 is 0 Å². The van der Waals surface area contributed by atoms with Crippen molar-refractivity contribution in [1.82, 2.24) is 15.4 Å². The van der Waals surface area contributed by atoms with Gasteiger partial charge >= 0.3 is 0 Å². The van der Waals surface area contributed by atoms with E-state index in [1.165, 1.54) is 0 Å². The highest BCUT2D eigenvalue weighted by Gasteiger charge is 1.97. The molecule has 0 atom stereocenters. The van der Waals surface area contributed by atoms with Crippen molar-refractivity contribution < 1.29 is 0 Å². The third-order valence-electron chi connectivity index (χ3n) is 1.67. The van der Waals surface area contributed by atoms with E-state index in [2.05, 4.69) is 22.3 Å². The number of aromatic amines is 1. The molecule has 0 bridgehead atoms. The van der Waals surface area contributed by atoms with Gasteiger partial charge < -0.3 is 0 Å². The van der Waals surface area contributed by atoms with Crippen molar-refractivity contribution in [2.75, 3.05) is 0 Å². The highest BCUT2D eigenvalue weighted by molar-refractivity contribution is 5.57. The summed E-state index contributed by atoms with van der Waals surface area (Å²) in [6.07, 6.45) is 1.76. The van der Waals surface area contributed by atoms with Crippen molar-refractivity contribution in [2.45, 2.75) is 0 Å². The Morgan fingerprint density at radius 3 is 2.50 bits per heavy atom. The number of nitrogens with one attached hydrogen (secondary N) is 1. The van der Waals surface area contributed by atoms with Crippen molar-refractivity contribution in [3.05, 3.63) is 42.9 Å². The fourth-order valence-electron chi connectivity index (χ4n) is 1.02. The number of nitrogens with zero attached hydrogens (tertiary/aromatic N) is 2. The molecule has 1 radical (unpaired) electrons. The van der Waals surface area contributed by atoms with Crippen LogP contribution in [0.1, 0.15) is 5.56 Å². The van der Waals surface area contributed by atoms with Crippen LogP contribution >= 0.6 is 0 Å². The van der Waals surface area contributed by atoms with Crippen LogP contribution in [-0.4, -0.2) is 15.4 Å². The zero-order chi connectivity index (χ0) is 8.39. The molecular weight excluding hydrogens is 150 g/mol. The minimum Gasteiger partial charge on any atom is -0.265 e. The summed E-state index contributed by atoms with van der Waals surface area (Å²) in [6.45, 7) is 3.80. The Morgan fingerprint density at radius 2 is 1.92 bits per heavy atom. The van der Waals surface area contributed by atoms with Gasteiger partial charge in [-0.1, -0.05) is 29.5 Å². The van der Waals surface area contributed by atoms with Crippen LogP contribution in [0.3, 0.4) is 0 Å². The van der Waals surface area contributed by atoms with Crippen LogP contribution in [0.4, 0.5) is 0 Å². The van der Waals surface area contributed by atoms with E-state index in [4.69, 9.17) is 0 Å². The Bertz CT molecular complexity index is 348. The van der Waals surface area contributed by atoms with E-state index < -0.39 is 0 Å². The molecule has 1 aromatic carbocycles. The molecule has 0 amide bonds. The molecule has 0 unspecified atom stereocenters. The number of hydrogen-bond acceptors (Lipinski definition) is 2. The lowest BCUT2D eigenvalue weighted by molar-refractivity contribution is 0.942. The van der Waals surface area contributed by atoms with Gasteiger partial charge in [0.1, 0.15) is 5.69 Å². The molecule has 0 fully saturated rings. The summed E-state index contributed by atoms with van der Waals surface area (Å²) in [6, 6.07) is 7.84. The van der Waals surface area contributed by atoms with E-state index in [9.17, 15) is 0 Å². The highest BCUT2D eigenvalue weighted by Crippen LogP contribution is 2.14. The first kappa shape index (κ1) is 7.03. The third-order valence-corrected chi connectivity index (χ3v) is 1.67. The van der Waals surface area contributed by atoms with Crippen LogP contribution in [-0.2, 0) is 0 Å². The average Bonchev–Trinajstić information content (AvgIpc) is 2.58. The van der Waals surface area contributed by atoms with Crippen molar-refractivity contribution >= 4 is 0 Å². The molecule has 0 aliphatic heterocycles. The van der Waals surface area contributed by atoms with Gasteiger partial charge in [0.05, 0.1) is 0 Å². The third kappa shape index (κ3) is 1.21. The normalized spacial score (nSPS) is 10.1. The topological polar surface area (TPSA) is 41.6 Å². The Hall–Kier alpha value is -1.64. The predicted molar refractivity (Wildman–Crippen MR) is 46.3 cm³/mol. The van der Waals surface area contributed by atoms with Gasteiger partial charge in [-0.3, -0.25) is 5.10 Å². The SMILES string of the molecule is [CH2]c1ccc(-c2c[nH]nn2)cc1. The second-order valence-electron chi connectivity index (χ2n) is 2.56. The molecule has 3 nitrogen and oxygen atoms in total. The molecule has 0 aliphatic rings. The van der Waals surface area contributed by atoms with Gasteiger partial charge in [0.25, 0.3) is 0 Å². The number of H-pyrrole nitrogens is 1. The van der Waals surface area contributed by atoms with E-state index in [1.54, 1.807) is 6.20 Å². The zero-order valence-electron chi connectivity index (χ0n) is 6.49. The maximum Gasteiger partial charge on any atom is 0.112 e. The van der Waals surface area contributed by atoms with Gasteiger partial charge in [0.15, 0.2) is 0 Å². The summed E-state index contributed by atoms with van der Waals surface area (Å²) in [7, 11) is 0. The largest absolute Gasteiger partial charge is 0.265 e. The van der Waals surface area contributed by atoms with Crippen LogP contribution < -0.4 is 0 Å². The molecule has 0 spiro atoms. The summed E-state index contributed by atoms with van der Waals surface area (Å²) in [5, 5.41) is 10.2. The Morgan fingerprint density at radius 1 is 1.17 bits per heavy atom. The van der Waals surface area contributed by atoms with E-state index in [1.807, 2.05) is 24.3 Å². The first-order valence-corrected chi connectivity index (χ1v) is 3.65. The zero-order valence-corrected chi connectivity index (χ0v) is 6.49. The molecule has 59 valence electrons. The van der Waals surface area contributed by atoms with Crippen molar-refractivity contribution in [2.24, 2.45) is 0 Å². The van der Waals surface area contributed by atoms with Gasteiger partial charge in [-0.2, -0.15) is 0 Å². The van der Waals surface area contributed by atoms with Crippen LogP contribution in [0.5, 0.6) is 0 Å². The molecule has 12 heavy (non-hydrogen) atoms. The van der Waals surface area contributed by atoms with Gasteiger partial charge in [-0.05, 0) is 12.5 Å². The molecular formula is C9H8N3. The number of aromatic nitrogens is 3. The van der Waals surface area contributed by atoms with E-state index in [-0.39, 0.29) is 0 Å². The first-order valence-electron chi connectivity index (χ1n) is 3.65. The second-order valence-corrected chi connectivity index (χ2v) is 2.56. The minimum absolute atomic E-state index is 0.856. The lowest BCUT2D eigenvalue weighted by Gasteiger charge is -1.94. The van der Waals surface area contributed by atoms with Crippen molar-refractivity contribution in [3.63, 3.8) is 0 Å². The summed E-state index contributed by atoms with van der Waals surface area (Å²) in [5.41, 5.74) is 2.91. The van der Waals surface area contributed by atoms with E-state index in [0.29, 0.717) is 0 Å². The maximum atomic E-state index is 3.89. The number of rotatable bonds is 1. The summed E-state index contributed by atoms with van der Waals surface area (Å²) >= 11 is 0. The first-order chi connectivity index (χ1) is 5.86. The highest BCUT2D eigenvalue weighted by atomic mass is 15.3. The van der Waals surface area contributed by atoms with Gasteiger partial charge in [-0.15, -0.1) is 5.10 Å². The van der Waals surface area contributed by atoms with Crippen LogP contribution in [0, 0.1) is 6.92 Å². The monoisotopic (exact) mass is 158 g/mol. The van der Waals surface area contributed by atoms with Crippen LogP contribution in [0.25, 0.3) is 11.3 Å². The number of hydrogen-bond donors (Lipinski definition) is 1. The average molecular weight is 158 g/mol. The predicted octanol–water partition coefficient (Wildman–Crippen LogP) is 1.65. The van der Waals surface area contributed by atoms with Gasteiger partial charge in [-0.25, -0.2) is 0 Å². The lowest BCUT2D eigenvalue weighted by atomic mass is 10.1. The molecule has 2 aromatic rings. The van der Waals surface area contributed by atoms with E-state index in [0.717, 1.165) is 16.8 Å². The molecule has 0 saturated carbocycles. The quantitative estimate of drug-likeness (QED) is 0.685. The molecule has 0 saturated heterocycles. The summed E-state index contributed by atoms with van der Waals surface area (Å²) in [5.74, 6) is 0. The summed E-state index contributed by atoms with van der Waals surface area (Å²) < 4.78 is 0. The molecule has 2 rings (SSSR count). The smallest absolute Gasteiger partial charge is 0.112 e. The van der Waals surface area contributed by atoms with Crippen LogP contribution in [0.15, 0.2) is 30.5 Å². The van der Waals surface area contributed by atoms with Crippen molar-refractivity contribution in [3.8, 4) is 11.3 Å². The lowest BCUT2D eigenvalue weighted by Crippen LogP contribution is -1.77. The van der Waals surface area contributed by atoms with Gasteiger partial charge in [0, 0.05) is 11.8 Å². The van der Waals surface area contributed by atoms with Gasteiger partial charge in [0.2, 0.25) is 0 Å². The molecule has 1 N–H and O–H groups in total. The number of benzene rings is 1. The molecule has 3 heteroatoms. The maximum absolute atomic E-state index is 3.89.